The molecule has 0 bridgehead atoms. The molecular weight excluding hydrogens is 638 g/mol. The summed E-state index contributed by atoms with van der Waals surface area (Å²) in [6, 6.07) is 13.8. The molecule has 1 aliphatic carbocycles. The summed E-state index contributed by atoms with van der Waals surface area (Å²) < 4.78 is 66.5. The fourth-order valence-electron chi connectivity index (χ4n) is 9.10. The summed E-state index contributed by atoms with van der Waals surface area (Å²) in [5, 5.41) is 2.65. The predicted molar refractivity (Wildman–Crippen MR) is 179 cm³/mol. The second-order valence-electron chi connectivity index (χ2n) is 14.7. The molecule has 1 unspecified atom stereocenters. The first-order chi connectivity index (χ1) is 23.1. The molecule has 2 aromatic rings. The normalized spacial score (nSPS) is 26.6. The smallest absolute Gasteiger partial charge is 0.407 e. The highest BCUT2D eigenvalue weighted by Crippen LogP contribution is 2.51. The van der Waals surface area contributed by atoms with Crippen LogP contribution in [0.15, 0.2) is 53.4 Å². The molecule has 1 amide bonds. The topological polar surface area (TPSA) is 91.4 Å². The Bertz CT molecular complexity index is 1560. The highest BCUT2D eigenvalue weighted by atomic mass is 32.2. The van der Waals surface area contributed by atoms with Crippen molar-refractivity contribution in [1.29, 1.82) is 0 Å². The second kappa shape index (κ2) is 13.5. The van der Waals surface area contributed by atoms with Crippen molar-refractivity contribution < 1.29 is 31.5 Å². The Hall–Kier alpha value is -2.80. The molecule has 1 saturated carbocycles. The van der Waals surface area contributed by atoms with Gasteiger partial charge in [0, 0.05) is 30.2 Å². The van der Waals surface area contributed by atoms with Crippen LogP contribution in [0.4, 0.5) is 19.3 Å². The Balaban J connectivity index is 1.04. The number of sulfone groups is 1. The van der Waals surface area contributed by atoms with Crippen LogP contribution in [-0.4, -0.2) is 114 Å². The van der Waals surface area contributed by atoms with Crippen LogP contribution in [0.25, 0.3) is 0 Å². The highest BCUT2D eigenvalue weighted by molar-refractivity contribution is 7.92. The lowest BCUT2D eigenvalue weighted by Crippen LogP contribution is -2.65. The first-order valence-electron chi connectivity index (χ1n) is 17.5. The SMILES string of the molecule is COC(=O)N[C@H]1CCC[C@@H]1C(CN1CCC1)(c1cccc(F)c1)C1CCN(CC2(F)CN(c3ccc(S(=O)(=O)C4COC4)cc3)C2)CC1. The summed E-state index contributed by atoms with van der Waals surface area (Å²) in [6.07, 6.45) is 5.27. The van der Waals surface area contributed by atoms with Crippen molar-refractivity contribution in [2.45, 2.75) is 65.8 Å². The number of likely N-dealkylation sites (tertiary alicyclic amines) is 2. The van der Waals surface area contributed by atoms with E-state index in [0.29, 0.717) is 6.54 Å². The predicted octanol–water partition coefficient (Wildman–Crippen LogP) is 4.41. The molecule has 3 atom stereocenters. The summed E-state index contributed by atoms with van der Waals surface area (Å²) in [5.41, 5.74) is 0.123. The minimum atomic E-state index is -3.40. The van der Waals surface area contributed by atoms with Gasteiger partial charge >= 0.3 is 6.09 Å². The van der Waals surface area contributed by atoms with E-state index in [4.69, 9.17) is 9.47 Å². The highest BCUT2D eigenvalue weighted by Gasteiger charge is 2.54. The summed E-state index contributed by atoms with van der Waals surface area (Å²) in [7, 11) is -2.01. The van der Waals surface area contributed by atoms with Gasteiger partial charge in [0.25, 0.3) is 0 Å². The number of ether oxygens (including phenoxy) is 2. The number of rotatable bonds is 11. The molecule has 48 heavy (non-hydrogen) atoms. The van der Waals surface area contributed by atoms with E-state index in [1.54, 1.807) is 30.3 Å². The molecule has 4 aliphatic heterocycles. The van der Waals surface area contributed by atoms with E-state index in [1.165, 1.54) is 13.2 Å². The Morgan fingerprint density at radius 3 is 2.33 bits per heavy atom. The first-order valence-corrected chi connectivity index (χ1v) is 19.1. The molecule has 262 valence electrons. The number of hydrogen-bond acceptors (Lipinski definition) is 8. The largest absolute Gasteiger partial charge is 0.453 e. The van der Waals surface area contributed by atoms with Crippen molar-refractivity contribution >= 4 is 21.6 Å². The lowest BCUT2D eigenvalue weighted by atomic mass is 9.57. The zero-order valence-corrected chi connectivity index (χ0v) is 28.6. The summed E-state index contributed by atoms with van der Waals surface area (Å²) in [6.45, 7) is 5.71. The van der Waals surface area contributed by atoms with E-state index in [0.717, 1.165) is 82.5 Å². The Kier molecular flexibility index (Phi) is 9.47. The first kappa shape index (κ1) is 33.7. The van der Waals surface area contributed by atoms with Gasteiger partial charge in [-0.1, -0.05) is 18.6 Å². The van der Waals surface area contributed by atoms with E-state index in [2.05, 4.69) is 21.2 Å². The van der Waals surface area contributed by atoms with E-state index in [1.807, 2.05) is 11.0 Å². The van der Waals surface area contributed by atoms with Gasteiger partial charge in [-0.3, -0.25) is 4.90 Å². The monoisotopic (exact) mass is 686 g/mol. The van der Waals surface area contributed by atoms with Gasteiger partial charge in [0.2, 0.25) is 0 Å². The third-order valence-electron chi connectivity index (χ3n) is 11.8. The molecule has 7 rings (SSSR count). The van der Waals surface area contributed by atoms with Gasteiger partial charge in [0.05, 0.1) is 38.3 Å². The van der Waals surface area contributed by atoms with E-state index >= 15 is 4.39 Å². The third-order valence-corrected chi connectivity index (χ3v) is 13.9. The number of anilines is 1. The van der Waals surface area contributed by atoms with Crippen molar-refractivity contribution in [3.63, 3.8) is 0 Å². The van der Waals surface area contributed by atoms with Gasteiger partial charge in [0.15, 0.2) is 15.5 Å². The van der Waals surface area contributed by atoms with Crippen LogP contribution in [0, 0.1) is 17.7 Å². The van der Waals surface area contributed by atoms with E-state index in [9.17, 15) is 17.6 Å². The van der Waals surface area contributed by atoms with Crippen molar-refractivity contribution in [1.82, 2.24) is 15.1 Å². The van der Waals surface area contributed by atoms with Crippen LogP contribution < -0.4 is 10.2 Å². The number of halogens is 2. The van der Waals surface area contributed by atoms with Gasteiger partial charge in [-0.25, -0.2) is 22.0 Å². The van der Waals surface area contributed by atoms with E-state index in [-0.39, 0.29) is 60.3 Å². The fraction of sp³-hybridized carbons (Fsp3) is 0.639. The molecule has 9 nitrogen and oxygen atoms in total. The molecule has 4 heterocycles. The number of amides is 1. The number of carbonyl (C=O) groups excluding carboxylic acids is 1. The minimum Gasteiger partial charge on any atom is -0.453 e. The molecule has 0 aromatic heterocycles. The quantitative estimate of drug-likeness (QED) is 0.372. The third kappa shape index (κ3) is 6.45. The number of benzene rings is 2. The molecule has 5 fully saturated rings. The van der Waals surface area contributed by atoms with Crippen molar-refractivity contribution in [3.05, 3.63) is 59.9 Å². The number of alkyl carbamates (subject to hydrolysis) is 1. The summed E-state index contributed by atoms with van der Waals surface area (Å²) in [4.78, 5) is 19.4. The number of hydrogen-bond donors (Lipinski definition) is 1. The Labute approximate surface area is 282 Å². The number of piperidine rings is 1. The lowest BCUT2D eigenvalue weighted by molar-refractivity contribution is 0.00584. The molecule has 0 spiro atoms. The lowest BCUT2D eigenvalue weighted by Gasteiger charge is -2.54. The molecule has 4 saturated heterocycles. The van der Waals surface area contributed by atoms with Gasteiger partial charge in [0.1, 0.15) is 11.1 Å². The van der Waals surface area contributed by atoms with Gasteiger partial charge in [-0.05, 0) is 112 Å². The maximum atomic E-state index is 16.1. The van der Waals surface area contributed by atoms with Crippen LogP contribution in [-0.2, 0) is 24.7 Å². The fourth-order valence-corrected chi connectivity index (χ4v) is 10.5. The standard InChI is InChI=1S/C36H48F2N4O5S/c1-46-34(43)39-33-8-3-7-32(33)36(25-40-15-4-16-40,27-5-2-6-28(37)19-27)26-13-17-41(18-14-26)22-35(38)23-42(24-35)29-9-11-30(12-10-29)48(44,45)31-20-47-21-31/h2,5-6,9-12,19,26,31-33H,3-4,7-8,13-18,20-25H2,1H3,(H,39,43)/t32-,33-,36?/m0/s1. The average Bonchev–Trinajstić information content (AvgIpc) is 3.47. The zero-order valence-electron chi connectivity index (χ0n) is 27.8. The maximum Gasteiger partial charge on any atom is 0.407 e. The van der Waals surface area contributed by atoms with Crippen molar-refractivity contribution in [3.8, 4) is 0 Å². The number of nitrogens with zero attached hydrogens (tertiary/aromatic N) is 3. The zero-order chi connectivity index (χ0) is 33.5. The van der Waals surface area contributed by atoms with Gasteiger partial charge in [-0.15, -0.1) is 0 Å². The molecule has 0 radical (unpaired) electrons. The molecule has 2 aromatic carbocycles. The molecular formula is C36H48F2N4O5S. The second-order valence-corrected chi connectivity index (χ2v) is 16.9. The van der Waals surface area contributed by atoms with Crippen LogP contribution >= 0.6 is 0 Å². The van der Waals surface area contributed by atoms with Crippen molar-refractivity contribution in [2.24, 2.45) is 11.8 Å². The number of alkyl halides is 1. The Morgan fingerprint density at radius 2 is 1.73 bits per heavy atom. The number of methoxy groups -OCH3 is 1. The van der Waals surface area contributed by atoms with E-state index < -0.39 is 26.8 Å². The number of nitrogens with one attached hydrogen (secondary N) is 1. The average molecular weight is 687 g/mol. The van der Waals surface area contributed by atoms with Gasteiger partial charge in [-0.2, -0.15) is 0 Å². The molecule has 12 heteroatoms. The Morgan fingerprint density at radius 1 is 1.00 bits per heavy atom. The van der Waals surface area contributed by atoms with Gasteiger partial charge < -0.3 is 24.6 Å². The molecule has 5 aliphatic rings. The molecule has 1 N–H and O–H groups in total. The van der Waals surface area contributed by atoms with Crippen molar-refractivity contribution in [2.75, 3.05) is 77.6 Å². The summed E-state index contributed by atoms with van der Waals surface area (Å²) in [5.74, 6) is 0.133. The minimum absolute atomic E-state index is 0.0588. The van der Waals surface area contributed by atoms with Crippen LogP contribution in [0.3, 0.4) is 0 Å². The van der Waals surface area contributed by atoms with Crippen LogP contribution in [0.1, 0.15) is 44.1 Å². The van der Waals surface area contributed by atoms with Crippen LogP contribution in [0.2, 0.25) is 0 Å². The number of carbonyl (C=O) groups is 1. The maximum absolute atomic E-state index is 16.1. The summed E-state index contributed by atoms with van der Waals surface area (Å²) >= 11 is 0. The van der Waals surface area contributed by atoms with Crippen LogP contribution in [0.5, 0.6) is 0 Å².